The van der Waals surface area contributed by atoms with Gasteiger partial charge in [0.1, 0.15) is 11.9 Å². The molecule has 2 N–H and O–H groups in total. The van der Waals surface area contributed by atoms with Crippen LogP contribution in [0.4, 0.5) is 0 Å². The first-order chi connectivity index (χ1) is 14.2. The largest absolute Gasteiger partial charge is 0.496 e. The summed E-state index contributed by atoms with van der Waals surface area (Å²) in [5.41, 5.74) is 2.07. The predicted octanol–water partition coefficient (Wildman–Crippen LogP) is 1.21. The van der Waals surface area contributed by atoms with Crippen molar-refractivity contribution in [3.8, 4) is 5.75 Å². The highest BCUT2D eigenvalue weighted by atomic mass is 16.7. The van der Waals surface area contributed by atoms with Crippen molar-refractivity contribution in [3.05, 3.63) is 59.9 Å². The summed E-state index contributed by atoms with van der Waals surface area (Å²) in [6.07, 6.45) is 1.43. The summed E-state index contributed by atoms with van der Waals surface area (Å²) >= 11 is 0. The smallest absolute Gasteiger partial charge is 0.176 e. The Hall–Kier alpha value is -2.03. The number of methoxy groups -OCH3 is 1. The number of nitrogens with zero attached hydrogens (tertiary/aromatic N) is 2. The molecule has 4 rings (SSSR count). The number of para-hydroxylation sites is 1. The summed E-state index contributed by atoms with van der Waals surface area (Å²) in [6.45, 7) is 1.82. The monoisotopic (exact) mass is 399 g/mol. The summed E-state index contributed by atoms with van der Waals surface area (Å²) in [4.78, 5) is 6.50. The van der Waals surface area contributed by atoms with E-state index in [1.54, 1.807) is 13.3 Å². The van der Waals surface area contributed by atoms with Crippen molar-refractivity contribution in [3.63, 3.8) is 0 Å². The van der Waals surface area contributed by atoms with Crippen LogP contribution in [0.3, 0.4) is 0 Å². The Morgan fingerprint density at radius 2 is 2.07 bits per heavy atom. The summed E-state index contributed by atoms with van der Waals surface area (Å²) in [6, 6.07) is 13.3. The van der Waals surface area contributed by atoms with Gasteiger partial charge < -0.3 is 24.6 Å². The highest BCUT2D eigenvalue weighted by Crippen LogP contribution is 2.31. The van der Waals surface area contributed by atoms with E-state index >= 15 is 0 Å². The fraction of sp³-hybridized carbons (Fsp3) is 0.500. The molecule has 1 aromatic carbocycles. The Balaban J connectivity index is 1.41. The van der Waals surface area contributed by atoms with Crippen molar-refractivity contribution in [2.45, 2.75) is 43.5 Å². The SMILES string of the molecule is COc1ccccc1CN[C@H]1[C@H](O)[C@@H](N(C)CCc2ccccn2)[C@@H]2OC[C@H]1O2. The lowest BCUT2D eigenvalue weighted by Gasteiger charge is -2.42. The zero-order valence-corrected chi connectivity index (χ0v) is 16.9. The summed E-state index contributed by atoms with van der Waals surface area (Å²) in [5.74, 6) is 0.829. The number of aromatic nitrogens is 1. The molecule has 7 nitrogen and oxygen atoms in total. The van der Waals surface area contributed by atoms with Crippen LogP contribution in [0.1, 0.15) is 11.3 Å². The number of nitrogens with one attached hydrogen (secondary N) is 1. The fourth-order valence-electron chi connectivity index (χ4n) is 4.18. The molecule has 5 atom stereocenters. The third-order valence-corrected chi connectivity index (χ3v) is 5.81. The second kappa shape index (κ2) is 9.19. The second-order valence-corrected chi connectivity index (χ2v) is 7.63. The van der Waals surface area contributed by atoms with Crippen LogP contribution in [0, 0.1) is 0 Å². The standard InChI is InChI=1S/C22H29N3O4/c1-25(12-10-16-8-5-6-11-23-16)20-21(26)19(18-14-28-22(20)29-18)24-13-15-7-3-4-9-17(15)27-2/h3-9,11,18-22,24,26H,10,12-14H2,1-2H3/t18-,19-,20-,21+,22-/m1/s1. The minimum absolute atomic E-state index is 0.162. The Bertz CT molecular complexity index is 791. The zero-order chi connectivity index (χ0) is 20.2. The van der Waals surface area contributed by atoms with E-state index in [0.717, 1.165) is 30.0 Å². The maximum absolute atomic E-state index is 11.2. The Morgan fingerprint density at radius 3 is 2.86 bits per heavy atom. The molecule has 0 radical (unpaired) electrons. The molecule has 2 aliphatic rings. The normalized spacial score (nSPS) is 28.6. The van der Waals surface area contributed by atoms with Crippen LogP contribution in [0.25, 0.3) is 0 Å². The molecule has 2 bridgehead atoms. The highest BCUT2D eigenvalue weighted by Gasteiger charge is 2.51. The number of pyridine rings is 1. The van der Waals surface area contributed by atoms with Crippen LogP contribution in [-0.2, 0) is 22.4 Å². The lowest BCUT2D eigenvalue weighted by Crippen LogP contribution is -2.63. The summed E-state index contributed by atoms with van der Waals surface area (Å²) < 4.78 is 17.4. The maximum atomic E-state index is 11.2. The van der Waals surface area contributed by atoms with Gasteiger partial charge in [0.25, 0.3) is 0 Å². The third kappa shape index (κ3) is 4.44. The number of ether oxygens (including phenoxy) is 3. The molecule has 0 unspecified atom stereocenters. The van der Waals surface area contributed by atoms with Gasteiger partial charge in [-0.05, 0) is 25.2 Å². The number of hydrogen-bond acceptors (Lipinski definition) is 7. The molecule has 0 saturated carbocycles. The first-order valence-corrected chi connectivity index (χ1v) is 10.1. The number of fused-ring (bicyclic) bond motifs is 2. The number of likely N-dealkylation sites (N-methyl/N-ethyl adjacent to an activating group) is 1. The first kappa shape index (κ1) is 20.3. The van der Waals surface area contributed by atoms with E-state index in [4.69, 9.17) is 14.2 Å². The molecule has 0 amide bonds. The molecule has 2 fully saturated rings. The first-order valence-electron chi connectivity index (χ1n) is 10.1. The quantitative estimate of drug-likeness (QED) is 0.691. The Kier molecular flexibility index (Phi) is 6.42. The molecule has 156 valence electrons. The van der Waals surface area contributed by atoms with E-state index in [-0.39, 0.29) is 18.2 Å². The van der Waals surface area contributed by atoms with Gasteiger partial charge in [0, 0.05) is 37.0 Å². The molecule has 2 aromatic rings. The van der Waals surface area contributed by atoms with Gasteiger partial charge in [-0.25, -0.2) is 0 Å². The number of aliphatic hydroxyl groups excluding tert-OH is 1. The van der Waals surface area contributed by atoms with Gasteiger partial charge in [-0.2, -0.15) is 0 Å². The van der Waals surface area contributed by atoms with Crippen LogP contribution >= 0.6 is 0 Å². The van der Waals surface area contributed by atoms with Crippen molar-refractivity contribution < 1.29 is 19.3 Å². The van der Waals surface area contributed by atoms with Gasteiger partial charge in [0.05, 0.1) is 31.9 Å². The maximum Gasteiger partial charge on any atom is 0.176 e. The number of benzene rings is 1. The molecular weight excluding hydrogens is 370 g/mol. The van der Waals surface area contributed by atoms with E-state index in [9.17, 15) is 5.11 Å². The second-order valence-electron chi connectivity index (χ2n) is 7.63. The fourth-order valence-corrected chi connectivity index (χ4v) is 4.18. The number of rotatable bonds is 8. The lowest BCUT2D eigenvalue weighted by molar-refractivity contribution is -0.178. The molecular formula is C22H29N3O4. The molecule has 2 saturated heterocycles. The molecule has 7 heteroatoms. The van der Waals surface area contributed by atoms with Gasteiger partial charge in [-0.3, -0.25) is 9.88 Å². The highest BCUT2D eigenvalue weighted by molar-refractivity contribution is 5.33. The Morgan fingerprint density at radius 1 is 1.24 bits per heavy atom. The average Bonchev–Trinajstić information content (AvgIpc) is 3.18. The van der Waals surface area contributed by atoms with Crippen LogP contribution in [0.2, 0.25) is 0 Å². The summed E-state index contributed by atoms with van der Waals surface area (Å²) in [5, 5.41) is 14.6. The van der Waals surface area contributed by atoms with E-state index in [0.29, 0.717) is 13.2 Å². The zero-order valence-electron chi connectivity index (χ0n) is 16.9. The van der Waals surface area contributed by atoms with E-state index in [1.807, 2.05) is 49.5 Å². The van der Waals surface area contributed by atoms with Gasteiger partial charge >= 0.3 is 0 Å². The topological polar surface area (TPSA) is 76.1 Å². The van der Waals surface area contributed by atoms with E-state index < -0.39 is 12.4 Å². The van der Waals surface area contributed by atoms with Crippen molar-refractivity contribution in [2.24, 2.45) is 0 Å². The summed E-state index contributed by atoms with van der Waals surface area (Å²) in [7, 11) is 3.67. The van der Waals surface area contributed by atoms with Crippen molar-refractivity contribution in [1.29, 1.82) is 0 Å². The van der Waals surface area contributed by atoms with Gasteiger partial charge in [0.15, 0.2) is 6.29 Å². The molecule has 1 aromatic heterocycles. The van der Waals surface area contributed by atoms with Gasteiger partial charge in [-0.15, -0.1) is 0 Å². The van der Waals surface area contributed by atoms with Crippen molar-refractivity contribution >= 4 is 0 Å². The van der Waals surface area contributed by atoms with Gasteiger partial charge in [-0.1, -0.05) is 24.3 Å². The van der Waals surface area contributed by atoms with Crippen LogP contribution < -0.4 is 10.1 Å². The van der Waals surface area contributed by atoms with E-state index in [1.165, 1.54) is 0 Å². The third-order valence-electron chi connectivity index (χ3n) is 5.81. The van der Waals surface area contributed by atoms with Gasteiger partial charge in [0.2, 0.25) is 0 Å². The number of hydrogen-bond donors (Lipinski definition) is 2. The Labute approximate surface area is 171 Å². The molecule has 2 aliphatic heterocycles. The lowest BCUT2D eigenvalue weighted by atomic mass is 9.94. The van der Waals surface area contributed by atoms with Crippen molar-refractivity contribution in [1.82, 2.24) is 15.2 Å². The predicted molar refractivity (Wildman–Crippen MR) is 109 cm³/mol. The molecule has 0 spiro atoms. The van der Waals surface area contributed by atoms with Crippen LogP contribution in [0.5, 0.6) is 5.75 Å². The van der Waals surface area contributed by atoms with Crippen LogP contribution in [0.15, 0.2) is 48.7 Å². The van der Waals surface area contributed by atoms with Crippen LogP contribution in [-0.4, -0.2) is 72.9 Å². The van der Waals surface area contributed by atoms with Crippen molar-refractivity contribution in [2.75, 3.05) is 27.3 Å². The van der Waals surface area contributed by atoms with E-state index in [2.05, 4.69) is 15.2 Å². The molecule has 0 aliphatic carbocycles. The number of aliphatic hydroxyl groups is 1. The average molecular weight is 399 g/mol. The minimum atomic E-state index is -0.607. The minimum Gasteiger partial charge on any atom is -0.496 e. The molecule has 29 heavy (non-hydrogen) atoms. The molecule has 3 heterocycles.